The molecule has 33 heavy (non-hydrogen) atoms. The number of carbonyl (C=O) groups is 2. The van der Waals surface area contributed by atoms with Crippen molar-refractivity contribution in [3.05, 3.63) is 82.9 Å². The molecular weight excluding hydrogens is 414 g/mol. The number of aliphatic hydroxyl groups excluding tert-OH is 1. The van der Waals surface area contributed by atoms with Crippen molar-refractivity contribution < 1.29 is 19.8 Å². The van der Waals surface area contributed by atoms with Gasteiger partial charge in [-0.2, -0.15) is 0 Å². The first-order chi connectivity index (χ1) is 15.9. The second-order valence-electron chi connectivity index (χ2n) is 9.50. The van der Waals surface area contributed by atoms with Crippen LogP contribution in [0, 0.1) is 6.92 Å². The third kappa shape index (κ3) is 5.03. The minimum Gasteiger partial charge on any atom is -0.478 e. The van der Waals surface area contributed by atoms with Gasteiger partial charge in [0.2, 0.25) is 5.91 Å². The number of aliphatic hydroxyl groups is 1. The molecule has 2 aromatic carbocycles. The van der Waals surface area contributed by atoms with Crippen molar-refractivity contribution in [2.45, 2.75) is 69.4 Å². The zero-order chi connectivity index (χ0) is 23.4. The summed E-state index contributed by atoms with van der Waals surface area (Å²) in [4.78, 5) is 25.4. The second kappa shape index (κ2) is 9.92. The first-order valence-corrected chi connectivity index (χ1v) is 11.9. The third-order valence-corrected chi connectivity index (χ3v) is 7.42. The predicted molar refractivity (Wildman–Crippen MR) is 128 cm³/mol. The molecule has 0 aromatic heterocycles. The van der Waals surface area contributed by atoms with Crippen molar-refractivity contribution in [2.75, 3.05) is 6.54 Å². The van der Waals surface area contributed by atoms with E-state index >= 15 is 0 Å². The average molecular weight is 448 g/mol. The number of likely N-dealkylation sites (tertiary alicyclic amines) is 1. The second-order valence-corrected chi connectivity index (χ2v) is 9.50. The molecule has 1 amide bonds. The van der Waals surface area contributed by atoms with Crippen LogP contribution in [0.25, 0.3) is 0 Å². The first-order valence-electron chi connectivity index (χ1n) is 11.9. The Labute approximate surface area is 195 Å². The van der Waals surface area contributed by atoms with Gasteiger partial charge in [0.1, 0.15) is 0 Å². The Morgan fingerprint density at radius 1 is 1.12 bits per heavy atom. The van der Waals surface area contributed by atoms with Crippen molar-refractivity contribution in [1.82, 2.24) is 4.90 Å². The van der Waals surface area contributed by atoms with Gasteiger partial charge in [-0.25, -0.2) is 4.79 Å². The molecule has 2 fully saturated rings. The summed E-state index contributed by atoms with van der Waals surface area (Å²) in [6.07, 6.45) is 9.50. The Balaban J connectivity index is 1.43. The molecule has 2 aromatic rings. The fourth-order valence-electron chi connectivity index (χ4n) is 5.37. The van der Waals surface area contributed by atoms with Crippen LogP contribution in [0.2, 0.25) is 0 Å². The van der Waals surface area contributed by atoms with E-state index in [1.807, 2.05) is 29.2 Å². The number of hydrogen-bond donors (Lipinski definition) is 2. The average Bonchev–Trinajstić information content (AvgIpc) is 3.44. The van der Waals surface area contributed by atoms with Gasteiger partial charge in [0, 0.05) is 18.4 Å². The highest BCUT2D eigenvalue weighted by Crippen LogP contribution is 2.44. The zero-order valence-electron chi connectivity index (χ0n) is 19.2. The summed E-state index contributed by atoms with van der Waals surface area (Å²) in [5, 5.41) is 20.3. The third-order valence-electron chi connectivity index (χ3n) is 7.42. The number of carboxylic acids is 1. The maximum atomic E-state index is 12.5. The van der Waals surface area contributed by atoms with Crippen molar-refractivity contribution >= 4 is 11.9 Å². The van der Waals surface area contributed by atoms with Crippen LogP contribution in [0.3, 0.4) is 0 Å². The van der Waals surface area contributed by atoms with Crippen molar-refractivity contribution in [1.29, 1.82) is 0 Å². The number of benzene rings is 2. The number of rotatable bonds is 8. The molecule has 2 aliphatic rings. The van der Waals surface area contributed by atoms with Gasteiger partial charge in [-0.1, -0.05) is 67.0 Å². The molecule has 1 heterocycles. The lowest BCUT2D eigenvalue weighted by Gasteiger charge is -2.34. The molecule has 5 nitrogen and oxygen atoms in total. The van der Waals surface area contributed by atoms with Gasteiger partial charge < -0.3 is 15.1 Å². The summed E-state index contributed by atoms with van der Waals surface area (Å²) >= 11 is 0. The molecule has 0 radical (unpaired) electrons. The number of amides is 1. The van der Waals surface area contributed by atoms with E-state index in [1.54, 1.807) is 12.1 Å². The van der Waals surface area contributed by atoms with Crippen LogP contribution in [-0.2, 0) is 16.6 Å². The quantitative estimate of drug-likeness (QED) is 0.577. The minimum absolute atomic E-state index is 0.0121. The molecule has 5 heteroatoms. The Morgan fingerprint density at radius 2 is 1.79 bits per heavy atom. The molecule has 1 saturated heterocycles. The number of aromatic carboxylic acids is 1. The molecule has 2 atom stereocenters. The van der Waals surface area contributed by atoms with E-state index in [0.29, 0.717) is 19.4 Å². The van der Waals surface area contributed by atoms with E-state index in [-0.39, 0.29) is 22.9 Å². The molecule has 1 aliphatic carbocycles. The highest BCUT2D eigenvalue weighted by atomic mass is 16.4. The summed E-state index contributed by atoms with van der Waals surface area (Å²) in [6.45, 7) is 2.66. The van der Waals surface area contributed by atoms with Gasteiger partial charge in [0.05, 0.1) is 17.7 Å². The van der Waals surface area contributed by atoms with Crippen LogP contribution in [0.4, 0.5) is 0 Å². The lowest BCUT2D eigenvalue weighted by atomic mass is 9.73. The van der Waals surface area contributed by atoms with Gasteiger partial charge >= 0.3 is 5.97 Å². The highest BCUT2D eigenvalue weighted by Gasteiger charge is 2.41. The van der Waals surface area contributed by atoms with Crippen LogP contribution >= 0.6 is 0 Å². The normalized spacial score (nSPS) is 21.1. The van der Waals surface area contributed by atoms with Crippen molar-refractivity contribution in [3.8, 4) is 0 Å². The van der Waals surface area contributed by atoms with Gasteiger partial charge in [0.15, 0.2) is 0 Å². The van der Waals surface area contributed by atoms with Crippen LogP contribution < -0.4 is 0 Å². The van der Waals surface area contributed by atoms with Crippen LogP contribution in [0.15, 0.2) is 60.7 Å². The summed E-state index contributed by atoms with van der Waals surface area (Å²) < 4.78 is 0. The highest BCUT2D eigenvalue weighted by molar-refractivity contribution is 5.87. The van der Waals surface area contributed by atoms with Crippen LogP contribution in [-0.4, -0.2) is 45.7 Å². The number of carboxylic acid groups (broad SMARTS) is 1. The molecular formula is C28H33NO4. The van der Waals surface area contributed by atoms with E-state index in [4.69, 9.17) is 5.11 Å². The van der Waals surface area contributed by atoms with E-state index in [0.717, 1.165) is 37.7 Å². The molecule has 0 bridgehead atoms. The minimum atomic E-state index is -0.939. The fraction of sp³-hybridized carbons (Fsp3) is 0.429. The van der Waals surface area contributed by atoms with Gasteiger partial charge in [-0.05, 0) is 55.9 Å². The number of hydrogen-bond acceptors (Lipinski definition) is 3. The zero-order valence-corrected chi connectivity index (χ0v) is 19.2. The Morgan fingerprint density at radius 3 is 2.42 bits per heavy atom. The SMILES string of the molecule is Cc1ccc(C2([C@H](O)/C=C/[C@H]3CCC(=O)N3CCc3ccc(C(=O)O)cc3)CCCC2)cc1. The molecule has 2 N–H and O–H groups in total. The molecule has 0 spiro atoms. The van der Waals surface area contributed by atoms with Gasteiger partial charge in [-0.15, -0.1) is 0 Å². The summed E-state index contributed by atoms with van der Waals surface area (Å²) in [7, 11) is 0. The smallest absolute Gasteiger partial charge is 0.335 e. The number of nitrogens with zero attached hydrogens (tertiary/aromatic N) is 1. The monoisotopic (exact) mass is 447 g/mol. The first kappa shape index (κ1) is 23.2. The molecule has 1 aliphatic heterocycles. The molecule has 0 unspecified atom stereocenters. The summed E-state index contributed by atoms with van der Waals surface area (Å²) in [5.41, 5.74) is 3.44. The Kier molecular flexibility index (Phi) is 6.99. The number of aryl methyl sites for hydroxylation is 1. The van der Waals surface area contributed by atoms with E-state index in [1.165, 1.54) is 11.1 Å². The van der Waals surface area contributed by atoms with Crippen LogP contribution in [0.1, 0.15) is 65.6 Å². The van der Waals surface area contributed by atoms with Crippen LogP contribution in [0.5, 0.6) is 0 Å². The van der Waals surface area contributed by atoms with E-state index in [9.17, 15) is 14.7 Å². The lowest BCUT2D eigenvalue weighted by molar-refractivity contribution is -0.128. The predicted octanol–water partition coefficient (Wildman–Crippen LogP) is 4.66. The van der Waals surface area contributed by atoms with E-state index in [2.05, 4.69) is 31.2 Å². The molecule has 4 rings (SSSR count). The van der Waals surface area contributed by atoms with Gasteiger partial charge in [-0.3, -0.25) is 4.79 Å². The summed E-state index contributed by atoms with van der Waals surface area (Å²) in [5.74, 6) is -0.805. The number of carbonyl (C=O) groups excluding carboxylic acids is 1. The maximum Gasteiger partial charge on any atom is 0.335 e. The lowest BCUT2D eigenvalue weighted by Crippen LogP contribution is -2.37. The molecule has 1 saturated carbocycles. The Hall–Kier alpha value is -2.92. The Bertz CT molecular complexity index is 1000. The summed E-state index contributed by atoms with van der Waals surface area (Å²) in [6, 6.07) is 15.3. The van der Waals surface area contributed by atoms with Gasteiger partial charge in [0.25, 0.3) is 0 Å². The van der Waals surface area contributed by atoms with E-state index < -0.39 is 12.1 Å². The topological polar surface area (TPSA) is 77.8 Å². The standard InChI is InChI=1S/C28H33NO4/c1-20-4-10-23(11-5-20)28(17-2-3-18-28)25(30)14-12-24-13-15-26(31)29(24)19-16-21-6-8-22(9-7-21)27(32)33/h4-12,14,24-25,30H,2-3,13,15-19H2,1H3,(H,32,33)/b14-12+/t24-,25+/m0/s1. The van der Waals surface area contributed by atoms with Crippen molar-refractivity contribution in [3.63, 3.8) is 0 Å². The largest absolute Gasteiger partial charge is 0.478 e. The molecule has 174 valence electrons. The van der Waals surface area contributed by atoms with Crippen molar-refractivity contribution in [2.24, 2.45) is 0 Å². The fourth-order valence-corrected chi connectivity index (χ4v) is 5.37. The maximum absolute atomic E-state index is 12.5.